The lowest BCUT2D eigenvalue weighted by Crippen LogP contribution is -2.33. The number of nitrogens with one attached hydrogen (secondary N) is 2. The van der Waals surface area contributed by atoms with Gasteiger partial charge in [-0.2, -0.15) is 0 Å². The third kappa shape index (κ3) is 2.22. The summed E-state index contributed by atoms with van der Waals surface area (Å²) in [7, 11) is 0. The van der Waals surface area contributed by atoms with Crippen molar-refractivity contribution >= 4 is 18.3 Å². The predicted octanol–water partition coefficient (Wildman–Crippen LogP) is 1.50. The number of piperidine rings is 1. The zero-order valence-corrected chi connectivity index (χ0v) is 10.9. The lowest BCUT2D eigenvalue weighted by atomic mass is 10.1. The van der Waals surface area contributed by atoms with Crippen molar-refractivity contribution in [1.82, 2.24) is 10.6 Å². The molecule has 1 saturated heterocycles. The quantitative estimate of drug-likeness (QED) is 0.855. The van der Waals surface area contributed by atoms with Crippen molar-refractivity contribution in [2.24, 2.45) is 11.8 Å². The zero-order valence-electron chi connectivity index (χ0n) is 10.1. The summed E-state index contributed by atoms with van der Waals surface area (Å²) in [6, 6.07) is 4.94. The van der Waals surface area contributed by atoms with Gasteiger partial charge in [-0.05, 0) is 36.5 Å². The van der Waals surface area contributed by atoms with Crippen molar-refractivity contribution in [2.45, 2.75) is 13.0 Å². The van der Waals surface area contributed by atoms with Crippen molar-refractivity contribution in [3.8, 4) is 0 Å². The van der Waals surface area contributed by atoms with Gasteiger partial charge in [0.2, 0.25) is 0 Å². The lowest BCUT2D eigenvalue weighted by molar-refractivity contribution is 0.0942. The molecule has 18 heavy (non-hydrogen) atoms. The van der Waals surface area contributed by atoms with Crippen LogP contribution < -0.4 is 10.6 Å². The van der Waals surface area contributed by atoms with Crippen molar-refractivity contribution in [3.63, 3.8) is 0 Å². The smallest absolute Gasteiger partial charge is 0.254 e. The third-order valence-corrected chi connectivity index (χ3v) is 3.76. The molecule has 0 radical (unpaired) electrons. The molecule has 2 aliphatic rings. The monoisotopic (exact) mass is 270 g/mol. The van der Waals surface area contributed by atoms with Gasteiger partial charge in [0.15, 0.2) is 0 Å². The second kappa shape index (κ2) is 4.86. The number of amides is 1. The van der Waals surface area contributed by atoms with E-state index in [0.29, 0.717) is 11.8 Å². The fourth-order valence-corrected chi connectivity index (χ4v) is 2.67. The number of aryl methyl sites for hydroxylation is 1. The number of hydrogen-bond acceptors (Lipinski definition) is 2. The van der Waals surface area contributed by atoms with Crippen LogP contribution in [0, 0.1) is 24.6 Å². The minimum Gasteiger partial charge on any atom is -0.349 e. The molecule has 1 aromatic carbocycles. The van der Waals surface area contributed by atoms with Gasteiger partial charge in [-0.1, -0.05) is 6.07 Å². The Bertz CT molecular complexity index is 470. The average Bonchev–Trinajstić information content (AvgIpc) is 2.74. The SMILES string of the molecule is Cc1ccc(C(=O)NC2C3CNCC32)c(F)c1.Cl. The van der Waals surface area contributed by atoms with E-state index in [1.807, 2.05) is 6.92 Å². The molecule has 0 spiro atoms. The summed E-state index contributed by atoms with van der Waals surface area (Å²) in [5, 5.41) is 6.17. The number of hydrogen-bond donors (Lipinski definition) is 2. The first-order valence-corrected chi connectivity index (χ1v) is 5.94. The molecular formula is C13H16ClFN2O. The summed E-state index contributed by atoms with van der Waals surface area (Å²) >= 11 is 0. The molecule has 5 heteroatoms. The average molecular weight is 271 g/mol. The van der Waals surface area contributed by atoms with Gasteiger partial charge in [0.05, 0.1) is 5.56 Å². The van der Waals surface area contributed by atoms with Gasteiger partial charge in [-0.25, -0.2) is 4.39 Å². The molecule has 98 valence electrons. The molecule has 1 saturated carbocycles. The molecule has 0 bridgehead atoms. The lowest BCUT2D eigenvalue weighted by Gasteiger charge is -2.08. The maximum Gasteiger partial charge on any atom is 0.254 e. The molecular weight excluding hydrogens is 255 g/mol. The highest BCUT2D eigenvalue weighted by Crippen LogP contribution is 2.41. The van der Waals surface area contributed by atoms with Gasteiger partial charge in [0.25, 0.3) is 5.91 Å². The summed E-state index contributed by atoms with van der Waals surface area (Å²) in [6.07, 6.45) is 0. The first-order chi connectivity index (χ1) is 8.16. The summed E-state index contributed by atoms with van der Waals surface area (Å²) in [4.78, 5) is 11.9. The molecule has 1 heterocycles. The molecule has 2 fully saturated rings. The first kappa shape index (κ1) is 13.3. The summed E-state index contributed by atoms with van der Waals surface area (Å²) in [5.74, 6) is 0.369. The maximum atomic E-state index is 13.6. The van der Waals surface area contributed by atoms with Gasteiger partial charge >= 0.3 is 0 Å². The van der Waals surface area contributed by atoms with Crippen LogP contribution in [0.3, 0.4) is 0 Å². The highest BCUT2D eigenvalue weighted by atomic mass is 35.5. The fourth-order valence-electron chi connectivity index (χ4n) is 2.67. The number of carbonyl (C=O) groups is 1. The molecule has 3 nitrogen and oxygen atoms in total. The van der Waals surface area contributed by atoms with E-state index in [4.69, 9.17) is 0 Å². The van der Waals surface area contributed by atoms with E-state index >= 15 is 0 Å². The first-order valence-electron chi connectivity index (χ1n) is 5.94. The van der Waals surface area contributed by atoms with Crippen LogP contribution in [0.4, 0.5) is 4.39 Å². The summed E-state index contributed by atoms with van der Waals surface area (Å²) in [6.45, 7) is 3.74. The summed E-state index contributed by atoms with van der Waals surface area (Å²) < 4.78 is 13.6. The van der Waals surface area contributed by atoms with Crippen LogP contribution in [0.2, 0.25) is 0 Å². The molecule has 3 rings (SSSR count). The van der Waals surface area contributed by atoms with Crippen LogP contribution in [0.1, 0.15) is 15.9 Å². The standard InChI is InChI=1S/C13H15FN2O.ClH/c1-7-2-3-8(11(14)4-7)13(17)16-12-9-5-15-6-10(9)12;/h2-4,9-10,12,15H,5-6H2,1H3,(H,16,17);1H. The number of fused-ring (bicyclic) bond motifs is 1. The highest BCUT2D eigenvalue weighted by Gasteiger charge is 2.53. The molecule has 1 aliphatic carbocycles. The van der Waals surface area contributed by atoms with Crippen LogP contribution in [-0.2, 0) is 0 Å². The number of halogens is 2. The molecule has 2 N–H and O–H groups in total. The minimum atomic E-state index is -0.438. The van der Waals surface area contributed by atoms with Crippen molar-refractivity contribution in [2.75, 3.05) is 13.1 Å². The molecule has 1 aromatic rings. The Morgan fingerprint density at radius 3 is 2.67 bits per heavy atom. The van der Waals surface area contributed by atoms with Gasteiger partial charge in [0.1, 0.15) is 5.82 Å². The molecule has 1 aliphatic heterocycles. The highest BCUT2D eigenvalue weighted by molar-refractivity contribution is 5.95. The van der Waals surface area contributed by atoms with E-state index in [2.05, 4.69) is 10.6 Å². The Labute approximate surface area is 112 Å². The molecule has 2 atom stereocenters. The van der Waals surface area contributed by atoms with E-state index in [0.717, 1.165) is 18.7 Å². The minimum absolute atomic E-state index is 0. The zero-order chi connectivity index (χ0) is 12.0. The summed E-state index contributed by atoms with van der Waals surface area (Å²) in [5.41, 5.74) is 0.972. The van der Waals surface area contributed by atoms with E-state index < -0.39 is 5.82 Å². The Morgan fingerprint density at radius 1 is 1.39 bits per heavy atom. The van der Waals surface area contributed by atoms with Crippen molar-refractivity contribution < 1.29 is 9.18 Å². The molecule has 2 unspecified atom stereocenters. The number of benzene rings is 1. The Kier molecular flexibility index (Phi) is 3.59. The topological polar surface area (TPSA) is 41.1 Å². The number of rotatable bonds is 2. The molecule has 1 amide bonds. The third-order valence-electron chi connectivity index (χ3n) is 3.76. The van der Waals surface area contributed by atoms with Crippen molar-refractivity contribution in [3.05, 3.63) is 35.1 Å². The van der Waals surface area contributed by atoms with E-state index in [1.165, 1.54) is 6.07 Å². The van der Waals surface area contributed by atoms with Gasteiger partial charge in [-0.15, -0.1) is 12.4 Å². The normalized spacial score (nSPS) is 28.2. The second-order valence-electron chi connectivity index (χ2n) is 4.97. The van der Waals surface area contributed by atoms with Crippen LogP contribution in [0.15, 0.2) is 18.2 Å². The maximum absolute atomic E-state index is 13.6. The largest absolute Gasteiger partial charge is 0.349 e. The van der Waals surface area contributed by atoms with Gasteiger partial charge in [0, 0.05) is 19.1 Å². The van der Waals surface area contributed by atoms with Crippen LogP contribution in [0.25, 0.3) is 0 Å². The van der Waals surface area contributed by atoms with Gasteiger partial charge in [-0.3, -0.25) is 4.79 Å². The van der Waals surface area contributed by atoms with Crippen LogP contribution in [-0.4, -0.2) is 25.0 Å². The Morgan fingerprint density at radius 2 is 2.06 bits per heavy atom. The van der Waals surface area contributed by atoms with E-state index in [1.54, 1.807) is 12.1 Å². The Balaban J connectivity index is 0.00000120. The Hall–Kier alpha value is -1.13. The predicted molar refractivity (Wildman–Crippen MR) is 69.5 cm³/mol. The van der Waals surface area contributed by atoms with Gasteiger partial charge < -0.3 is 10.6 Å². The van der Waals surface area contributed by atoms with Crippen molar-refractivity contribution in [1.29, 1.82) is 0 Å². The van der Waals surface area contributed by atoms with E-state index in [-0.39, 0.29) is 29.9 Å². The number of carbonyl (C=O) groups excluding carboxylic acids is 1. The fraction of sp³-hybridized carbons (Fsp3) is 0.462. The molecule has 0 aromatic heterocycles. The van der Waals surface area contributed by atoms with Crippen LogP contribution in [0.5, 0.6) is 0 Å². The second-order valence-corrected chi connectivity index (χ2v) is 4.97. The van der Waals surface area contributed by atoms with Crippen LogP contribution >= 0.6 is 12.4 Å². The van der Waals surface area contributed by atoms with E-state index in [9.17, 15) is 9.18 Å².